The summed E-state index contributed by atoms with van der Waals surface area (Å²) in [5.41, 5.74) is 0.808. The van der Waals surface area contributed by atoms with Crippen molar-refractivity contribution in [1.29, 1.82) is 0 Å². The maximum atomic E-state index is 12.1. The van der Waals surface area contributed by atoms with Crippen molar-refractivity contribution in [3.63, 3.8) is 0 Å². The van der Waals surface area contributed by atoms with Gasteiger partial charge in [-0.05, 0) is 32.0 Å². The zero-order valence-electron chi connectivity index (χ0n) is 13.2. The van der Waals surface area contributed by atoms with E-state index >= 15 is 0 Å². The van der Waals surface area contributed by atoms with Gasteiger partial charge in [-0.25, -0.2) is 14.4 Å². The maximum Gasteiger partial charge on any atom is 0.338 e. The van der Waals surface area contributed by atoms with Crippen LogP contribution in [0.15, 0.2) is 40.0 Å². The molecule has 0 radical (unpaired) electrons. The molecule has 0 aliphatic carbocycles. The molecule has 0 unspecified atom stereocenters. The zero-order chi connectivity index (χ0) is 17.7. The number of ether oxygens (including phenoxy) is 2. The Kier molecular flexibility index (Phi) is 5.97. The minimum absolute atomic E-state index is 0.202. The fourth-order valence-electron chi connectivity index (χ4n) is 2.23. The minimum Gasteiger partial charge on any atom is -0.463 e. The molecule has 24 heavy (non-hydrogen) atoms. The fourth-order valence-corrected chi connectivity index (χ4v) is 2.63. The SMILES string of the molecule is CCOC(=O)C1=C(COC(=O)c2cccc(Br)c2)NC(=O)N[C@H]1C. The Bertz CT molecular complexity index is 701. The smallest absolute Gasteiger partial charge is 0.338 e. The van der Waals surface area contributed by atoms with Crippen LogP contribution in [0.4, 0.5) is 4.79 Å². The first kappa shape index (κ1) is 18.0. The van der Waals surface area contributed by atoms with Gasteiger partial charge in [0.05, 0.1) is 29.5 Å². The third kappa shape index (κ3) is 4.35. The van der Waals surface area contributed by atoms with Crippen LogP contribution in [0, 0.1) is 0 Å². The number of urea groups is 1. The third-order valence-electron chi connectivity index (χ3n) is 3.27. The number of hydrogen-bond acceptors (Lipinski definition) is 5. The van der Waals surface area contributed by atoms with Gasteiger partial charge in [0.15, 0.2) is 0 Å². The van der Waals surface area contributed by atoms with Crippen molar-refractivity contribution in [1.82, 2.24) is 10.6 Å². The van der Waals surface area contributed by atoms with Crippen molar-refractivity contribution in [2.45, 2.75) is 19.9 Å². The van der Waals surface area contributed by atoms with Crippen LogP contribution in [0.1, 0.15) is 24.2 Å². The predicted molar refractivity (Wildman–Crippen MR) is 89.2 cm³/mol. The van der Waals surface area contributed by atoms with Crippen molar-refractivity contribution in [2.24, 2.45) is 0 Å². The Morgan fingerprint density at radius 2 is 2.00 bits per heavy atom. The van der Waals surface area contributed by atoms with Crippen molar-refractivity contribution in [2.75, 3.05) is 13.2 Å². The summed E-state index contributed by atoms with van der Waals surface area (Å²) in [6, 6.07) is 5.70. The lowest BCUT2D eigenvalue weighted by Gasteiger charge is -2.26. The fraction of sp³-hybridized carbons (Fsp3) is 0.312. The van der Waals surface area contributed by atoms with Crippen LogP contribution in [0.5, 0.6) is 0 Å². The normalized spacial score (nSPS) is 17.0. The van der Waals surface area contributed by atoms with E-state index in [-0.39, 0.29) is 24.5 Å². The van der Waals surface area contributed by atoms with E-state index in [1.807, 2.05) is 0 Å². The molecule has 7 nitrogen and oxygen atoms in total. The van der Waals surface area contributed by atoms with Crippen LogP contribution < -0.4 is 10.6 Å². The monoisotopic (exact) mass is 396 g/mol. The van der Waals surface area contributed by atoms with E-state index in [1.54, 1.807) is 38.1 Å². The van der Waals surface area contributed by atoms with Crippen LogP contribution in [0.3, 0.4) is 0 Å². The van der Waals surface area contributed by atoms with Crippen molar-refractivity contribution in [3.8, 4) is 0 Å². The van der Waals surface area contributed by atoms with Crippen molar-refractivity contribution < 1.29 is 23.9 Å². The first-order chi connectivity index (χ1) is 11.4. The van der Waals surface area contributed by atoms with E-state index in [0.717, 1.165) is 4.47 Å². The Morgan fingerprint density at radius 3 is 2.67 bits per heavy atom. The molecule has 1 aliphatic heterocycles. The molecule has 0 fully saturated rings. The molecule has 8 heteroatoms. The van der Waals surface area contributed by atoms with Gasteiger partial charge in [0, 0.05) is 4.47 Å². The first-order valence-corrected chi connectivity index (χ1v) is 8.12. The summed E-state index contributed by atoms with van der Waals surface area (Å²) in [5, 5.41) is 5.07. The highest BCUT2D eigenvalue weighted by atomic mass is 79.9. The molecule has 0 spiro atoms. The van der Waals surface area contributed by atoms with Crippen molar-refractivity contribution in [3.05, 3.63) is 45.6 Å². The second-order valence-electron chi connectivity index (χ2n) is 5.02. The lowest BCUT2D eigenvalue weighted by Crippen LogP contribution is -2.50. The molecule has 2 rings (SSSR count). The summed E-state index contributed by atoms with van der Waals surface area (Å²) in [6.07, 6.45) is 0. The minimum atomic E-state index is -0.564. The van der Waals surface area contributed by atoms with Crippen molar-refractivity contribution >= 4 is 33.9 Å². The molecule has 1 aliphatic rings. The summed E-state index contributed by atoms with van der Waals surface area (Å²) in [4.78, 5) is 35.8. The summed E-state index contributed by atoms with van der Waals surface area (Å²) >= 11 is 3.28. The zero-order valence-corrected chi connectivity index (χ0v) is 14.8. The number of nitrogens with one attached hydrogen (secondary N) is 2. The number of hydrogen-bond donors (Lipinski definition) is 2. The Morgan fingerprint density at radius 1 is 1.25 bits per heavy atom. The summed E-state index contributed by atoms with van der Waals surface area (Å²) in [6.45, 7) is 3.30. The number of amides is 2. The van der Waals surface area contributed by atoms with E-state index < -0.39 is 24.0 Å². The first-order valence-electron chi connectivity index (χ1n) is 7.32. The summed E-state index contributed by atoms with van der Waals surface area (Å²) in [5.74, 6) is -1.13. The average molecular weight is 397 g/mol. The molecule has 128 valence electrons. The highest BCUT2D eigenvalue weighted by Crippen LogP contribution is 2.16. The third-order valence-corrected chi connectivity index (χ3v) is 3.77. The van der Waals surface area contributed by atoms with Gasteiger partial charge in [-0.1, -0.05) is 22.0 Å². The molecule has 1 heterocycles. The van der Waals surface area contributed by atoms with Gasteiger partial charge in [-0.2, -0.15) is 0 Å². The Labute approximate surface area is 147 Å². The second-order valence-corrected chi connectivity index (χ2v) is 5.94. The lowest BCUT2D eigenvalue weighted by atomic mass is 10.0. The van der Waals surface area contributed by atoms with E-state index in [0.29, 0.717) is 5.56 Å². The van der Waals surface area contributed by atoms with Crippen LogP contribution in [0.2, 0.25) is 0 Å². The highest BCUT2D eigenvalue weighted by molar-refractivity contribution is 9.10. The van der Waals surface area contributed by atoms with Crippen LogP contribution in [-0.2, 0) is 14.3 Å². The summed E-state index contributed by atoms with van der Waals surface area (Å²) < 4.78 is 10.9. The van der Waals surface area contributed by atoms with Gasteiger partial charge in [0.2, 0.25) is 0 Å². The molecule has 2 N–H and O–H groups in total. The number of benzene rings is 1. The molecule has 2 amide bonds. The number of esters is 2. The van der Waals surface area contributed by atoms with E-state index in [1.165, 1.54) is 0 Å². The Hall–Kier alpha value is -2.35. The van der Waals surface area contributed by atoms with Gasteiger partial charge in [-0.15, -0.1) is 0 Å². The van der Waals surface area contributed by atoms with Gasteiger partial charge < -0.3 is 20.1 Å². The quantitative estimate of drug-likeness (QED) is 0.743. The largest absolute Gasteiger partial charge is 0.463 e. The van der Waals surface area contributed by atoms with Gasteiger partial charge in [0.25, 0.3) is 0 Å². The van der Waals surface area contributed by atoms with Crippen LogP contribution >= 0.6 is 15.9 Å². The molecule has 1 aromatic rings. The molecule has 0 aromatic heterocycles. The molecular weight excluding hydrogens is 380 g/mol. The van der Waals surface area contributed by atoms with Crippen LogP contribution in [0.25, 0.3) is 0 Å². The maximum absolute atomic E-state index is 12.1. The number of halogens is 1. The predicted octanol–water partition coefficient (Wildman–Crippen LogP) is 2.12. The Balaban J connectivity index is 2.17. The average Bonchev–Trinajstić information content (AvgIpc) is 2.52. The van der Waals surface area contributed by atoms with E-state index in [4.69, 9.17) is 9.47 Å². The standard InChI is InChI=1S/C16H17BrN2O5/c1-3-23-15(21)13-9(2)18-16(22)19-12(13)8-24-14(20)10-5-4-6-11(17)7-10/h4-7,9H,3,8H2,1-2H3,(H2,18,19,22)/t9-/m0/s1. The molecular formula is C16H17BrN2O5. The molecule has 0 saturated carbocycles. The number of rotatable bonds is 5. The van der Waals surface area contributed by atoms with E-state index in [9.17, 15) is 14.4 Å². The topological polar surface area (TPSA) is 93.7 Å². The molecule has 0 bridgehead atoms. The molecule has 1 aromatic carbocycles. The van der Waals surface area contributed by atoms with Crippen LogP contribution in [-0.4, -0.2) is 37.2 Å². The summed E-state index contributed by atoms with van der Waals surface area (Å²) in [7, 11) is 0. The number of carbonyl (C=O) groups excluding carboxylic acids is 3. The molecule has 0 saturated heterocycles. The van der Waals surface area contributed by atoms with Gasteiger partial charge in [0.1, 0.15) is 6.61 Å². The highest BCUT2D eigenvalue weighted by Gasteiger charge is 2.30. The number of carbonyl (C=O) groups is 3. The molecule has 1 atom stereocenters. The lowest BCUT2D eigenvalue weighted by molar-refractivity contribution is -0.139. The van der Waals surface area contributed by atoms with Gasteiger partial charge in [-0.3, -0.25) is 0 Å². The second kappa shape index (κ2) is 7.96. The van der Waals surface area contributed by atoms with E-state index in [2.05, 4.69) is 26.6 Å². The van der Waals surface area contributed by atoms with Gasteiger partial charge >= 0.3 is 18.0 Å².